The van der Waals surface area contributed by atoms with Gasteiger partial charge < -0.3 is 11.1 Å². The fourth-order valence-electron chi connectivity index (χ4n) is 2.16. The largest absolute Gasteiger partial charge is 0.393 e. The Morgan fingerprint density at radius 1 is 0.963 bits per heavy atom. The summed E-state index contributed by atoms with van der Waals surface area (Å²) in [5.74, 6) is -0.0528. The van der Waals surface area contributed by atoms with Crippen LogP contribution in [0, 0.1) is 12.7 Å². The fraction of sp³-hybridized carbons (Fsp3) is 0.0588. The third kappa shape index (κ3) is 4.49. The van der Waals surface area contributed by atoms with E-state index >= 15 is 0 Å². The molecule has 1 heterocycles. The molecule has 0 atom stereocenters. The highest BCUT2D eigenvalue weighted by Gasteiger charge is 2.15. The average Bonchev–Trinajstić information content (AvgIpc) is 2.64. The van der Waals surface area contributed by atoms with Crippen LogP contribution in [0.15, 0.2) is 59.8 Å². The summed E-state index contributed by atoms with van der Waals surface area (Å²) in [4.78, 5) is 10.3. The molecule has 27 heavy (non-hydrogen) atoms. The first-order valence-electron chi connectivity index (χ1n) is 7.83. The summed E-state index contributed by atoms with van der Waals surface area (Å²) < 4.78 is 37.6. The van der Waals surface area contributed by atoms with Crippen LogP contribution in [-0.4, -0.2) is 18.4 Å². The van der Waals surface area contributed by atoms with Crippen LogP contribution in [0.3, 0.4) is 0 Å². The summed E-state index contributed by atoms with van der Waals surface area (Å²) in [6.45, 7) is 1.86. The van der Waals surface area contributed by atoms with Crippen molar-refractivity contribution in [1.82, 2.24) is 14.8 Å². The molecule has 0 saturated heterocycles. The fourth-order valence-corrected chi connectivity index (χ4v) is 3.00. The summed E-state index contributed by atoms with van der Waals surface area (Å²) in [6.07, 6.45) is 1.21. The lowest BCUT2D eigenvalue weighted by Gasteiger charge is -2.13. The Morgan fingerprint density at radius 2 is 1.59 bits per heavy atom. The minimum absolute atomic E-state index is 0.0744. The zero-order valence-corrected chi connectivity index (χ0v) is 15.1. The van der Waals surface area contributed by atoms with Gasteiger partial charge in [0.05, 0.1) is 4.90 Å². The number of hydrogen-bond donors (Lipinski definition) is 4. The summed E-state index contributed by atoms with van der Waals surface area (Å²) in [5, 5.41) is 2.91. The lowest BCUT2D eigenvalue weighted by molar-refractivity contribution is 0.587. The highest BCUT2D eigenvalue weighted by atomic mass is 32.2. The second-order valence-corrected chi connectivity index (χ2v) is 7.34. The molecule has 2 aromatic carbocycles. The van der Waals surface area contributed by atoms with Crippen LogP contribution < -0.4 is 21.3 Å². The number of nitrogens with two attached hydrogens (primary N) is 1. The van der Waals surface area contributed by atoms with Crippen molar-refractivity contribution in [1.29, 1.82) is 0 Å². The van der Waals surface area contributed by atoms with Gasteiger partial charge in [-0.15, -0.1) is 4.83 Å². The number of rotatable bonds is 6. The van der Waals surface area contributed by atoms with Crippen LogP contribution in [0.1, 0.15) is 5.56 Å². The van der Waals surface area contributed by atoms with Gasteiger partial charge in [-0.2, -0.15) is 0 Å². The maximum absolute atomic E-state index is 13.0. The van der Waals surface area contributed by atoms with E-state index in [2.05, 4.69) is 25.5 Å². The van der Waals surface area contributed by atoms with Gasteiger partial charge in [0, 0.05) is 5.69 Å². The van der Waals surface area contributed by atoms with Crippen molar-refractivity contribution in [2.24, 2.45) is 0 Å². The van der Waals surface area contributed by atoms with Crippen molar-refractivity contribution in [3.63, 3.8) is 0 Å². The number of nitrogens with one attached hydrogen (secondary N) is 3. The minimum atomic E-state index is -3.81. The molecular formula is C17H17FN6O2S. The lowest BCUT2D eigenvalue weighted by Crippen LogP contribution is -2.30. The zero-order chi connectivity index (χ0) is 19.4. The molecule has 1 aromatic heterocycles. The predicted molar refractivity (Wildman–Crippen MR) is 101 cm³/mol. The van der Waals surface area contributed by atoms with Crippen LogP contribution in [0.2, 0.25) is 0 Å². The zero-order valence-electron chi connectivity index (χ0n) is 14.3. The second kappa shape index (κ2) is 7.56. The second-order valence-electron chi connectivity index (χ2n) is 5.66. The maximum atomic E-state index is 13.0. The van der Waals surface area contributed by atoms with E-state index in [-0.39, 0.29) is 28.0 Å². The third-order valence-corrected chi connectivity index (χ3v) is 4.89. The topological polar surface area (TPSA) is 122 Å². The van der Waals surface area contributed by atoms with E-state index in [1.54, 1.807) is 12.1 Å². The molecule has 0 radical (unpaired) electrons. The van der Waals surface area contributed by atoms with Crippen molar-refractivity contribution in [3.05, 3.63) is 66.2 Å². The third-order valence-electron chi connectivity index (χ3n) is 3.63. The summed E-state index contributed by atoms with van der Waals surface area (Å²) in [5.41, 5.74) is 10.1. The van der Waals surface area contributed by atoms with Gasteiger partial charge in [0.15, 0.2) is 11.6 Å². The molecule has 0 aliphatic rings. The molecule has 10 heteroatoms. The first kappa shape index (κ1) is 18.5. The Bertz CT molecular complexity index is 1040. The molecule has 0 unspecified atom stereocenters. The van der Waals surface area contributed by atoms with Gasteiger partial charge in [-0.1, -0.05) is 17.7 Å². The van der Waals surface area contributed by atoms with Crippen molar-refractivity contribution in [3.8, 4) is 0 Å². The number of hydrazine groups is 1. The van der Waals surface area contributed by atoms with Crippen LogP contribution in [0.4, 0.5) is 27.4 Å². The van der Waals surface area contributed by atoms with Crippen molar-refractivity contribution >= 4 is 33.0 Å². The first-order chi connectivity index (χ1) is 12.8. The quantitative estimate of drug-likeness (QED) is 0.479. The van der Waals surface area contributed by atoms with E-state index in [0.29, 0.717) is 5.69 Å². The number of halogens is 1. The van der Waals surface area contributed by atoms with Gasteiger partial charge in [-0.3, -0.25) is 5.43 Å². The Balaban J connectivity index is 1.75. The van der Waals surface area contributed by atoms with Gasteiger partial charge in [-0.05, 0) is 43.3 Å². The normalized spacial score (nSPS) is 11.2. The van der Waals surface area contributed by atoms with Gasteiger partial charge in [0.2, 0.25) is 0 Å². The molecule has 5 N–H and O–H groups in total. The number of aromatic nitrogens is 2. The van der Waals surface area contributed by atoms with E-state index in [1.807, 2.05) is 6.92 Å². The van der Waals surface area contributed by atoms with E-state index in [0.717, 1.165) is 5.56 Å². The predicted octanol–water partition coefficient (Wildman–Crippen LogP) is 2.56. The number of sulfonamides is 1. The summed E-state index contributed by atoms with van der Waals surface area (Å²) in [6, 6.07) is 12.0. The summed E-state index contributed by atoms with van der Waals surface area (Å²) >= 11 is 0. The first-order valence-corrected chi connectivity index (χ1v) is 9.31. The SMILES string of the molecule is Cc1ccc(S(=O)(=O)NNc2ncnc(Nc3ccc(F)cc3)c2N)cc1. The highest BCUT2D eigenvalue weighted by molar-refractivity contribution is 7.89. The standard InChI is InChI=1S/C17H17FN6O2S/c1-11-2-8-14(9-3-11)27(25,26)24-23-17-15(19)16(20-10-21-17)22-13-6-4-12(18)5-7-13/h2-10,24H,19H2,1H3,(H2,20,21,22,23). The molecule has 0 aliphatic heterocycles. The minimum Gasteiger partial charge on any atom is -0.393 e. The van der Waals surface area contributed by atoms with Crippen molar-refractivity contribution in [2.45, 2.75) is 11.8 Å². The molecule has 0 spiro atoms. The number of benzene rings is 2. The molecule has 140 valence electrons. The number of nitrogen functional groups attached to an aromatic ring is 1. The van der Waals surface area contributed by atoms with Crippen molar-refractivity contribution in [2.75, 3.05) is 16.5 Å². The molecule has 0 saturated carbocycles. The van der Waals surface area contributed by atoms with Crippen molar-refractivity contribution < 1.29 is 12.8 Å². The van der Waals surface area contributed by atoms with Crippen LogP contribution >= 0.6 is 0 Å². The molecule has 8 nitrogen and oxygen atoms in total. The molecule has 0 aliphatic carbocycles. The number of nitrogens with zero attached hydrogens (tertiary/aromatic N) is 2. The number of hydrogen-bond acceptors (Lipinski definition) is 7. The number of aryl methyl sites for hydroxylation is 1. The highest BCUT2D eigenvalue weighted by Crippen LogP contribution is 2.25. The molecule has 3 aromatic rings. The maximum Gasteiger partial charge on any atom is 0.257 e. The van der Waals surface area contributed by atoms with Crippen LogP contribution in [0.25, 0.3) is 0 Å². The Labute approximate surface area is 155 Å². The Hall–Kier alpha value is -3.24. The van der Waals surface area contributed by atoms with E-state index in [4.69, 9.17) is 5.73 Å². The molecular weight excluding hydrogens is 371 g/mol. The molecule has 0 amide bonds. The summed E-state index contributed by atoms with van der Waals surface area (Å²) in [7, 11) is -3.81. The van der Waals surface area contributed by atoms with Gasteiger partial charge in [-0.25, -0.2) is 22.8 Å². The Kier molecular flexibility index (Phi) is 5.19. The molecule has 0 bridgehead atoms. The molecule has 0 fully saturated rings. The average molecular weight is 388 g/mol. The van der Waals surface area contributed by atoms with Gasteiger partial charge in [0.25, 0.3) is 10.0 Å². The lowest BCUT2D eigenvalue weighted by atomic mass is 10.2. The van der Waals surface area contributed by atoms with Gasteiger partial charge in [0.1, 0.15) is 17.8 Å². The number of anilines is 4. The smallest absolute Gasteiger partial charge is 0.257 e. The Morgan fingerprint density at radius 3 is 2.26 bits per heavy atom. The molecule has 3 rings (SSSR count). The van der Waals surface area contributed by atoms with E-state index in [9.17, 15) is 12.8 Å². The monoisotopic (exact) mass is 388 g/mol. The van der Waals surface area contributed by atoms with Crippen LogP contribution in [0.5, 0.6) is 0 Å². The van der Waals surface area contributed by atoms with Crippen LogP contribution in [-0.2, 0) is 10.0 Å². The van der Waals surface area contributed by atoms with Gasteiger partial charge >= 0.3 is 0 Å². The van der Waals surface area contributed by atoms with E-state index < -0.39 is 10.0 Å². The van der Waals surface area contributed by atoms with E-state index in [1.165, 1.54) is 42.7 Å².